The van der Waals surface area contributed by atoms with Crippen molar-refractivity contribution in [2.24, 2.45) is 0 Å². The molecule has 1 saturated carbocycles. The van der Waals surface area contributed by atoms with Crippen LogP contribution in [-0.2, 0) is 6.54 Å². The van der Waals surface area contributed by atoms with Crippen molar-refractivity contribution in [3.05, 3.63) is 35.4 Å². The van der Waals surface area contributed by atoms with Crippen molar-refractivity contribution in [3.8, 4) is 6.07 Å². The number of thioether (sulfide) groups is 1. The first-order valence-corrected chi connectivity index (χ1v) is 7.72. The SMILES string of the molecule is CCSC1CCCC1NCc1cccc(C#N)c1. The molecular weight excluding hydrogens is 240 g/mol. The lowest BCUT2D eigenvalue weighted by Crippen LogP contribution is -2.33. The van der Waals surface area contributed by atoms with E-state index in [0.29, 0.717) is 6.04 Å². The number of hydrogen-bond acceptors (Lipinski definition) is 3. The smallest absolute Gasteiger partial charge is 0.0991 e. The molecule has 3 heteroatoms. The Bertz CT molecular complexity index is 425. The van der Waals surface area contributed by atoms with E-state index < -0.39 is 0 Å². The molecule has 2 nitrogen and oxygen atoms in total. The molecule has 2 atom stereocenters. The van der Waals surface area contributed by atoms with Crippen molar-refractivity contribution in [1.29, 1.82) is 5.26 Å². The molecule has 18 heavy (non-hydrogen) atoms. The van der Waals surface area contributed by atoms with Crippen molar-refractivity contribution in [2.45, 2.75) is 44.0 Å². The van der Waals surface area contributed by atoms with Crippen LogP contribution in [0.15, 0.2) is 24.3 Å². The summed E-state index contributed by atoms with van der Waals surface area (Å²) in [7, 11) is 0. The van der Waals surface area contributed by atoms with Crippen LogP contribution in [0.25, 0.3) is 0 Å². The van der Waals surface area contributed by atoms with Gasteiger partial charge in [0.1, 0.15) is 0 Å². The second-order valence-corrected chi connectivity index (χ2v) is 6.24. The Balaban J connectivity index is 1.89. The highest BCUT2D eigenvalue weighted by Crippen LogP contribution is 2.30. The molecule has 0 amide bonds. The molecule has 1 fully saturated rings. The Kier molecular flexibility index (Phi) is 5.10. The lowest BCUT2D eigenvalue weighted by Gasteiger charge is -2.20. The van der Waals surface area contributed by atoms with Crippen molar-refractivity contribution in [2.75, 3.05) is 5.75 Å². The fourth-order valence-corrected chi connectivity index (χ4v) is 3.80. The third-order valence-corrected chi connectivity index (χ3v) is 4.78. The topological polar surface area (TPSA) is 35.8 Å². The molecule has 0 heterocycles. The highest BCUT2D eigenvalue weighted by molar-refractivity contribution is 7.99. The molecule has 0 saturated heterocycles. The number of benzene rings is 1. The molecule has 2 rings (SSSR count). The highest BCUT2D eigenvalue weighted by Gasteiger charge is 2.26. The van der Waals surface area contributed by atoms with Gasteiger partial charge in [-0.2, -0.15) is 17.0 Å². The van der Waals surface area contributed by atoms with E-state index in [4.69, 9.17) is 5.26 Å². The van der Waals surface area contributed by atoms with Crippen LogP contribution in [-0.4, -0.2) is 17.0 Å². The van der Waals surface area contributed by atoms with Crippen LogP contribution in [0.5, 0.6) is 0 Å². The number of rotatable bonds is 5. The standard InChI is InChI=1S/C15H20N2S/c1-2-18-15-8-4-7-14(15)17-11-13-6-3-5-12(9-13)10-16/h3,5-6,9,14-15,17H,2,4,7-8,11H2,1H3. The van der Waals surface area contributed by atoms with Gasteiger partial charge in [-0.05, 0) is 36.3 Å². The van der Waals surface area contributed by atoms with Gasteiger partial charge in [-0.3, -0.25) is 0 Å². The van der Waals surface area contributed by atoms with Crippen LogP contribution in [0.4, 0.5) is 0 Å². The van der Waals surface area contributed by atoms with Crippen LogP contribution >= 0.6 is 11.8 Å². The predicted molar refractivity (Wildman–Crippen MR) is 77.6 cm³/mol. The minimum atomic E-state index is 0.640. The average Bonchev–Trinajstić information content (AvgIpc) is 2.85. The van der Waals surface area contributed by atoms with Gasteiger partial charge in [0.05, 0.1) is 11.6 Å². The fraction of sp³-hybridized carbons (Fsp3) is 0.533. The van der Waals surface area contributed by atoms with Gasteiger partial charge in [0.15, 0.2) is 0 Å². The molecule has 0 aromatic heterocycles. The summed E-state index contributed by atoms with van der Waals surface area (Å²) in [4.78, 5) is 0. The summed E-state index contributed by atoms with van der Waals surface area (Å²) < 4.78 is 0. The van der Waals surface area contributed by atoms with Crippen molar-refractivity contribution >= 4 is 11.8 Å². The molecule has 1 aromatic carbocycles. The number of nitrogens with zero attached hydrogens (tertiary/aromatic N) is 1. The second kappa shape index (κ2) is 6.82. The largest absolute Gasteiger partial charge is 0.309 e. The molecule has 0 spiro atoms. The predicted octanol–water partition coefficient (Wildman–Crippen LogP) is 3.32. The Hall–Kier alpha value is -0.980. The molecule has 1 aliphatic rings. The molecule has 96 valence electrons. The van der Waals surface area contributed by atoms with Crippen molar-refractivity contribution in [1.82, 2.24) is 5.32 Å². The van der Waals surface area contributed by atoms with Gasteiger partial charge in [0.25, 0.3) is 0 Å². The van der Waals surface area contributed by atoms with Gasteiger partial charge in [0.2, 0.25) is 0 Å². The van der Waals surface area contributed by atoms with Crippen LogP contribution in [0.2, 0.25) is 0 Å². The van der Waals surface area contributed by atoms with E-state index in [1.807, 2.05) is 18.2 Å². The first-order chi connectivity index (χ1) is 8.83. The molecule has 0 radical (unpaired) electrons. The average molecular weight is 260 g/mol. The second-order valence-electron chi connectivity index (χ2n) is 4.72. The van der Waals surface area contributed by atoms with E-state index in [-0.39, 0.29) is 0 Å². The fourth-order valence-electron chi connectivity index (χ4n) is 2.57. The molecule has 0 aliphatic heterocycles. The molecular formula is C15H20N2S. The van der Waals surface area contributed by atoms with Crippen LogP contribution in [0, 0.1) is 11.3 Å². The third kappa shape index (κ3) is 3.51. The summed E-state index contributed by atoms with van der Waals surface area (Å²) in [6, 6.07) is 10.7. The first-order valence-electron chi connectivity index (χ1n) is 6.67. The van der Waals surface area contributed by atoms with E-state index in [1.54, 1.807) is 0 Å². The zero-order chi connectivity index (χ0) is 12.8. The third-order valence-electron chi connectivity index (χ3n) is 3.46. The minimum Gasteiger partial charge on any atom is -0.309 e. The van der Waals surface area contributed by atoms with Crippen LogP contribution in [0.1, 0.15) is 37.3 Å². The van der Waals surface area contributed by atoms with Crippen molar-refractivity contribution < 1.29 is 0 Å². The van der Waals surface area contributed by atoms with E-state index in [2.05, 4.69) is 36.1 Å². The quantitative estimate of drug-likeness (QED) is 0.882. The van der Waals surface area contributed by atoms with Gasteiger partial charge >= 0.3 is 0 Å². The van der Waals surface area contributed by atoms with Gasteiger partial charge in [0, 0.05) is 17.8 Å². The Morgan fingerprint density at radius 1 is 1.44 bits per heavy atom. The Labute approximate surface area is 114 Å². The summed E-state index contributed by atoms with van der Waals surface area (Å²) >= 11 is 2.07. The van der Waals surface area contributed by atoms with E-state index in [1.165, 1.54) is 30.6 Å². The zero-order valence-corrected chi connectivity index (χ0v) is 11.7. The molecule has 2 unspecified atom stereocenters. The van der Waals surface area contributed by atoms with E-state index in [9.17, 15) is 0 Å². The lowest BCUT2D eigenvalue weighted by molar-refractivity contribution is 0.532. The monoisotopic (exact) mass is 260 g/mol. The van der Waals surface area contributed by atoms with Crippen molar-refractivity contribution in [3.63, 3.8) is 0 Å². The number of hydrogen-bond donors (Lipinski definition) is 1. The minimum absolute atomic E-state index is 0.640. The Morgan fingerprint density at radius 2 is 2.33 bits per heavy atom. The van der Waals surface area contributed by atoms with Crippen LogP contribution < -0.4 is 5.32 Å². The summed E-state index contributed by atoms with van der Waals surface area (Å²) in [5, 5.41) is 13.3. The maximum atomic E-state index is 8.88. The summed E-state index contributed by atoms with van der Waals surface area (Å²) in [6.45, 7) is 3.11. The van der Waals surface area contributed by atoms with Gasteiger partial charge in [-0.25, -0.2) is 0 Å². The first kappa shape index (κ1) is 13.5. The molecule has 1 aliphatic carbocycles. The van der Waals surface area contributed by atoms with Gasteiger partial charge < -0.3 is 5.32 Å². The highest BCUT2D eigenvalue weighted by atomic mass is 32.2. The maximum Gasteiger partial charge on any atom is 0.0991 e. The van der Waals surface area contributed by atoms with E-state index in [0.717, 1.165) is 17.4 Å². The normalized spacial score (nSPS) is 22.9. The summed E-state index contributed by atoms with van der Waals surface area (Å²) in [6.07, 6.45) is 3.97. The molecule has 1 aromatic rings. The number of nitriles is 1. The maximum absolute atomic E-state index is 8.88. The molecule has 0 bridgehead atoms. The van der Waals surface area contributed by atoms with Gasteiger partial charge in [-0.1, -0.05) is 25.5 Å². The summed E-state index contributed by atoms with van der Waals surface area (Å²) in [5.74, 6) is 1.20. The Morgan fingerprint density at radius 3 is 3.11 bits per heavy atom. The summed E-state index contributed by atoms with van der Waals surface area (Å²) in [5.41, 5.74) is 1.96. The zero-order valence-electron chi connectivity index (χ0n) is 10.9. The van der Waals surface area contributed by atoms with E-state index >= 15 is 0 Å². The van der Waals surface area contributed by atoms with Crippen LogP contribution in [0.3, 0.4) is 0 Å². The van der Waals surface area contributed by atoms with Gasteiger partial charge in [-0.15, -0.1) is 0 Å². The molecule has 1 N–H and O–H groups in total. The lowest BCUT2D eigenvalue weighted by atomic mass is 10.1. The number of nitrogens with one attached hydrogen (secondary N) is 1.